The standard InChI is InChI=1S/C14H27NO/c1-2-3-4-5-6-9-13(16)14(12-15)10-7-8-11-14/h2-12,15H2,1H3. The van der Waals surface area contributed by atoms with E-state index in [-0.39, 0.29) is 5.41 Å². The first-order chi connectivity index (χ1) is 7.75. The van der Waals surface area contributed by atoms with Gasteiger partial charge in [0.25, 0.3) is 0 Å². The average Bonchev–Trinajstić information content (AvgIpc) is 2.78. The van der Waals surface area contributed by atoms with Gasteiger partial charge in [0.05, 0.1) is 0 Å². The third-order valence-electron chi connectivity index (χ3n) is 4.05. The van der Waals surface area contributed by atoms with Gasteiger partial charge in [-0.2, -0.15) is 0 Å². The summed E-state index contributed by atoms with van der Waals surface area (Å²) in [4.78, 5) is 12.2. The van der Waals surface area contributed by atoms with Crippen molar-refractivity contribution in [3.63, 3.8) is 0 Å². The molecule has 0 saturated heterocycles. The molecule has 0 aliphatic heterocycles. The molecule has 1 fully saturated rings. The molecular formula is C14H27NO. The van der Waals surface area contributed by atoms with Crippen molar-refractivity contribution in [1.29, 1.82) is 0 Å². The average molecular weight is 225 g/mol. The minimum atomic E-state index is -0.120. The van der Waals surface area contributed by atoms with Crippen LogP contribution in [0.25, 0.3) is 0 Å². The normalized spacial score (nSPS) is 18.9. The van der Waals surface area contributed by atoms with Crippen molar-refractivity contribution in [2.75, 3.05) is 6.54 Å². The molecule has 0 atom stereocenters. The number of unbranched alkanes of at least 4 members (excludes halogenated alkanes) is 4. The van der Waals surface area contributed by atoms with Gasteiger partial charge in [0, 0.05) is 18.4 Å². The lowest BCUT2D eigenvalue weighted by Crippen LogP contribution is -2.35. The fourth-order valence-electron chi connectivity index (χ4n) is 2.80. The van der Waals surface area contributed by atoms with Gasteiger partial charge in [-0.15, -0.1) is 0 Å². The molecule has 2 heteroatoms. The Labute approximate surface area is 100.0 Å². The summed E-state index contributed by atoms with van der Waals surface area (Å²) in [6.45, 7) is 2.79. The molecule has 0 spiro atoms. The SMILES string of the molecule is CCCCCCCC(=O)C1(CN)CCCC1. The third-order valence-corrected chi connectivity index (χ3v) is 4.05. The molecule has 0 aromatic heterocycles. The van der Waals surface area contributed by atoms with E-state index in [1.54, 1.807) is 0 Å². The van der Waals surface area contributed by atoms with E-state index in [4.69, 9.17) is 5.73 Å². The van der Waals surface area contributed by atoms with Crippen molar-refractivity contribution in [2.45, 2.75) is 71.1 Å². The van der Waals surface area contributed by atoms with Crippen LogP contribution in [0.3, 0.4) is 0 Å². The van der Waals surface area contributed by atoms with Gasteiger partial charge >= 0.3 is 0 Å². The van der Waals surface area contributed by atoms with Gasteiger partial charge in [0.15, 0.2) is 0 Å². The summed E-state index contributed by atoms with van der Waals surface area (Å²) in [7, 11) is 0. The van der Waals surface area contributed by atoms with Crippen LogP contribution in [0.5, 0.6) is 0 Å². The number of rotatable bonds is 8. The number of carbonyl (C=O) groups excluding carboxylic acids is 1. The van der Waals surface area contributed by atoms with Gasteiger partial charge in [0.1, 0.15) is 5.78 Å². The maximum atomic E-state index is 12.2. The highest BCUT2D eigenvalue weighted by Crippen LogP contribution is 2.39. The minimum Gasteiger partial charge on any atom is -0.329 e. The molecule has 0 radical (unpaired) electrons. The fourth-order valence-corrected chi connectivity index (χ4v) is 2.80. The molecule has 1 rings (SSSR count). The lowest BCUT2D eigenvalue weighted by atomic mass is 9.79. The number of hydrogen-bond acceptors (Lipinski definition) is 2. The summed E-state index contributed by atoms with van der Waals surface area (Å²) in [6.07, 6.45) is 11.4. The fraction of sp³-hybridized carbons (Fsp3) is 0.929. The maximum absolute atomic E-state index is 12.2. The first kappa shape index (κ1) is 13.7. The molecule has 1 aliphatic rings. The van der Waals surface area contributed by atoms with Crippen molar-refractivity contribution in [3.05, 3.63) is 0 Å². The van der Waals surface area contributed by atoms with Crippen LogP contribution in [0.15, 0.2) is 0 Å². The molecule has 0 heterocycles. The Morgan fingerprint density at radius 3 is 2.31 bits per heavy atom. The molecule has 16 heavy (non-hydrogen) atoms. The minimum absolute atomic E-state index is 0.120. The van der Waals surface area contributed by atoms with Gasteiger partial charge < -0.3 is 5.73 Å². The van der Waals surface area contributed by atoms with Crippen molar-refractivity contribution >= 4 is 5.78 Å². The highest BCUT2D eigenvalue weighted by molar-refractivity contribution is 5.85. The lowest BCUT2D eigenvalue weighted by molar-refractivity contribution is -0.128. The van der Waals surface area contributed by atoms with E-state index in [0.29, 0.717) is 12.3 Å². The Morgan fingerprint density at radius 1 is 1.12 bits per heavy atom. The van der Waals surface area contributed by atoms with E-state index < -0.39 is 0 Å². The first-order valence-corrected chi connectivity index (χ1v) is 6.98. The van der Waals surface area contributed by atoms with Gasteiger partial charge in [-0.1, -0.05) is 45.4 Å². The molecule has 1 aliphatic carbocycles. The first-order valence-electron chi connectivity index (χ1n) is 6.98. The summed E-state index contributed by atoms with van der Waals surface area (Å²) in [5.41, 5.74) is 5.68. The summed E-state index contributed by atoms with van der Waals surface area (Å²) >= 11 is 0. The Morgan fingerprint density at radius 2 is 1.75 bits per heavy atom. The second-order valence-electron chi connectivity index (χ2n) is 5.28. The molecular weight excluding hydrogens is 198 g/mol. The van der Waals surface area contributed by atoms with Crippen LogP contribution < -0.4 is 5.73 Å². The summed E-state index contributed by atoms with van der Waals surface area (Å²) in [6, 6.07) is 0. The van der Waals surface area contributed by atoms with Crippen LogP contribution >= 0.6 is 0 Å². The van der Waals surface area contributed by atoms with E-state index in [1.807, 2.05) is 0 Å². The second-order valence-corrected chi connectivity index (χ2v) is 5.28. The second kappa shape index (κ2) is 7.05. The highest BCUT2D eigenvalue weighted by Gasteiger charge is 2.38. The smallest absolute Gasteiger partial charge is 0.140 e. The predicted molar refractivity (Wildman–Crippen MR) is 68.3 cm³/mol. The van der Waals surface area contributed by atoms with Crippen molar-refractivity contribution < 1.29 is 4.79 Å². The van der Waals surface area contributed by atoms with Gasteiger partial charge in [-0.25, -0.2) is 0 Å². The predicted octanol–water partition coefficient (Wildman–Crippen LogP) is 3.44. The Bertz CT molecular complexity index is 207. The van der Waals surface area contributed by atoms with Crippen LogP contribution in [0.2, 0.25) is 0 Å². The summed E-state index contributed by atoms with van der Waals surface area (Å²) < 4.78 is 0. The molecule has 0 unspecified atom stereocenters. The maximum Gasteiger partial charge on any atom is 0.140 e. The Kier molecular flexibility index (Phi) is 6.04. The highest BCUT2D eigenvalue weighted by atomic mass is 16.1. The van der Waals surface area contributed by atoms with Gasteiger partial charge in [-0.05, 0) is 19.3 Å². The molecule has 0 bridgehead atoms. The quantitative estimate of drug-likeness (QED) is 0.643. The van der Waals surface area contributed by atoms with Crippen LogP contribution in [0, 0.1) is 5.41 Å². The molecule has 0 aromatic carbocycles. The largest absolute Gasteiger partial charge is 0.329 e. The molecule has 0 aromatic rings. The lowest BCUT2D eigenvalue weighted by Gasteiger charge is -2.25. The molecule has 0 amide bonds. The number of hydrogen-bond donors (Lipinski definition) is 1. The molecule has 1 saturated carbocycles. The van der Waals surface area contributed by atoms with E-state index in [9.17, 15) is 4.79 Å². The number of carbonyl (C=O) groups is 1. The Hall–Kier alpha value is -0.370. The van der Waals surface area contributed by atoms with Crippen molar-refractivity contribution in [1.82, 2.24) is 0 Å². The van der Waals surface area contributed by atoms with Crippen LogP contribution in [0.1, 0.15) is 71.1 Å². The van der Waals surface area contributed by atoms with E-state index in [2.05, 4.69) is 6.92 Å². The summed E-state index contributed by atoms with van der Waals surface area (Å²) in [5, 5.41) is 0. The molecule has 94 valence electrons. The van der Waals surface area contributed by atoms with E-state index in [0.717, 1.165) is 25.7 Å². The zero-order valence-electron chi connectivity index (χ0n) is 10.8. The monoisotopic (exact) mass is 225 g/mol. The van der Waals surface area contributed by atoms with Crippen molar-refractivity contribution in [2.24, 2.45) is 11.1 Å². The third kappa shape index (κ3) is 3.58. The number of ketones is 1. The van der Waals surface area contributed by atoms with Crippen molar-refractivity contribution in [3.8, 4) is 0 Å². The van der Waals surface area contributed by atoms with Crippen LogP contribution in [-0.4, -0.2) is 12.3 Å². The number of Topliss-reactive ketones (excluding diaryl/α,β-unsaturated/α-hetero) is 1. The van der Waals surface area contributed by atoms with E-state index in [1.165, 1.54) is 38.5 Å². The summed E-state index contributed by atoms with van der Waals surface area (Å²) in [5.74, 6) is 0.448. The van der Waals surface area contributed by atoms with Crippen LogP contribution in [-0.2, 0) is 4.79 Å². The van der Waals surface area contributed by atoms with Crippen LogP contribution in [0.4, 0.5) is 0 Å². The topological polar surface area (TPSA) is 43.1 Å². The molecule has 2 N–H and O–H groups in total. The Balaban J connectivity index is 2.22. The zero-order chi connectivity index (χ0) is 11.9. The molecule has 2 nitrogen and oxygen atoms in total. The van der Waals surface area contributed by atoms with Gasteiger partial charge in [0.2, 0.25) is 0 Å². The number of nitrogens with two attached hydrogens (primary N) is 1. The van der Waals surface area contributed by atoms with Gasteiger partial charge in [-0.3, -0.25) is 4.79 Å². The zero-order valence-corrected chi connectivity index (χ0v) is 10.8. The van der Waals surface area contributed by atoms with E-state index >= 15 is 0 Å².